The molecule has 0 aliphatic heterocycles. The second-order valence-electron chi connectivity index (χ2n) is 5.75. The van der Waals surface area contributed by atoms with Gasteiger partial charge in [-0.2, -0.15) is 5.10 Å². The number of hydrogen-bond acceptors (Lipinski definition) is 3. The van der Waals surface area contributed by atoms with Crippen LogP contribution < -0.4 is 10.2 Å². The third-order valence-corrected chi connectivity index (χ3v) is 5.43. The third kappa shape index (κ3) is 4.80. The molecular formula is C20H15BrCl2N2O2. The molecule has 0 spiro atoms. The molecule has 27 heavy (non-hydrogen) atoms. The molecule has 0 radical (unpaired) electrons. The van der Waals surface area contributed by atoms with Crippen LogP contribution in [-0.2, 0) is 4.79 Å². The Morgan fingerprint density at radius 1 is 1.11 bits per heavy atom. The average molecular weight is 466 g/mol. The smallest absolute Gasteiger partial charge is 0.277 e. The zero-order valence-corrected chi connectivity index (χ0v) is 17.4. The van der Waals surface area contributed by atoms with Crippen molar-refractivity contribution < 1.29 is 9.53 Å². The number of nitrogens with zero attached hydrogens (tertiary/aromatic N) is 1. The minimum atomic E-state index is -0.366. The number of hydrazone groups is 1. The van der Waals surface area contributed by atoms with Gasteiger partial charge in [0.2, 0.25) is 0 Å². The van der Waals surface area contributed by atoms with Crippen LogP contribution >= 0.6 is 39.1 Å². The highest BCUT2D eigenvalue weighted by Crippen LogP contribution is 2.32. The van der Waals surface area contributed by atoms with Gasteiger partial charge in [-0.3, -0.25) is 4.79 Å². The van der Waals surface area contributed by atoms with Crippen molar-refractivity contribution in [3.05, 3.63) is 74.7 Å². The van der Waals surface area contributed by atoms with E-state index in [-0.39, 0.29) is 12.5 Å². The Bertz CT molecular complexity index is 1040. The molecule has 0 unspecified atom stereocenters. The van der Waals surface area contributed by atoms with Gasteiger partial charge in [0, 0.05) is 0 Å². The van der Waals surface area contributed by atoms with Gasteiger partial charge in [-0.05, 0) is 57.4 Å². The molecular weight excluding hydrogens is 451 g/mol. The summed E-state index contributed by atoms with van der Waals surface area (Å²) >= 11 is 15.4. The number of benzene rings is 3. The summed E-state index contributed by atoms with van der Waals surface area (Å²) < 4.78 is 6.42. The second kappa shape index (κ2) is 8.74. The van der Waals surface area contributed by atoms with Crippen LogP contribution in [0.2, 0.25) is 10.0 Å². The van der Waals surface area contributed by atoms with E-state index in [1.54, 1.807) is 25.1 Å². The summed E-state index contributed by atoms with van der Waals surface area (Å²) in [4.78, 5) is 12.0. The van der Waals surface area contributed by atoms with Crippen molar-refractivity contribution in [2.75, 3.05) is 6.61 Å². The average Bonchev–Trinajstić information content (AvgIpc) is 2.68. The van der Waals surface area contributed by atoms with Crippen molar-refractivity contribution in [2.45, 2.75) is 6.92 Å². The number of ether oxygens (including phenoxy) is 1. The van der Waals surface area contributed by atoms with Crippen molar-refractivity contribution in [3.8, 4) is 5.75 Å². The van der Waals surface area contributed by atoms with Crippen LogP contribution in [-0.4, -0.2) is 18.2 Å². The van der Waals surface area contributed by atoms with Gasteiger partial charge in [-0.1, -0.05) is 59.6 Å². The number of hydrogen-bond donors (Lipinski definition) is 1. The zero-order chi connectivity index (χ0) is 19.4. The number of nitrogens with one attached hydrogen (secondary N) is 1. The fraction of sp³-hybridized carbons (Fsp3) is 0.100. The predicted octanol–water partition coefficient (Wildman–Crippen LogP) is 5.83. The van der Waals surface area contributed by atoms with Gasteiger partial charge in [0.15, 0.2) is 6.61 Å². The number of fused-ring (bicyclic) bond motifs is 1. The summed E-state index contributed by atoms with van der Waals surface area (Å²) in [5.74, 6) is 0.225. The van der Waals surface area contributed by atoms with E-state index >= 15 is 0 Å². The summed E-state index contributed by atoms with van der Waals surface area (Å²) in [6.07, 6.45) is 0. The molecule has 3 aromatic rings. The van der Waals surface area contributed by atoms with E-state index in [1.165, 1.54) is 0 Å². The van der Waals surface area contributed by atoms with Crippen molar-refractivity contribution in [1.82, 2.24) is 5.43 Å². The molecule has 0 saturated carbocycles. The number of halogens is 3. The van der Waals surface area contributed by atoms with E-state index in [1.807, 2.05) is 36.4 Å². The minimum Gasteiger partial charge on any atom is -0.483 e. The first-order chi connectivity index (χ1) is 13.0. The van der Waals surface area contributed by atoms with Crippen molar-refractivity contribution in [2.24, 2.45) is 5.10 Å². The van der Waals surface area contributed by atoms with Gasteiger partial charge in [-0.15, -0.1) is 0 Å². The lowest BCUT2D eigenvalue weighted by Crippen LogP contribution is -2.25. The highest BCUT2D eigenvalue weighted by Gasteiger charge is 2.09. The highest BCUT2D eigenvalue weighted by atomic mass is 79.9. The number of carbonyl (C=O) groups excluding carboxylic acids is 1. The molecule has 0 aliphatic carbocycles. The van der Waals surface area contributed by atoms with Crippen LogP contribution in [0.25, 0.3) is 10.8 Å². The Morgan fingerprint density at radius 3 is 2.67 bits per heavy atom. The maximum absolute atomic E-state index is 12.0. The lowest BCUT2D eigenvalue weighted by molar-refractivity contribution is -0.123. The first-order valence-corrected chi connectivity index (χ1v) is 9.59. The van der Waals surface area contributed by atoms with Crippen LogP contribution in [0.4, 0.5) is 0 Å². The quantitative estimate of drug-likeness (QED) is 0.380. The van der Waals surface area contributed by atoms with Gasteiger partial charge >= 0.3 is 0 Å². The van der Waals surface area contributed by atoms with Gasteiger partial charge in [0.25, 0.3) is 5.91 Å². The van der Waals surface area contributed by atoms with Crippen LogP contribution in [0, 0.1) is 0 Å². The van der Waals surface area contributed by atoms with Crippen LogP contribution in [0.1, 0.15) is 12.5 Å². The number of carbonyl (C=O) groups is 1. The molecule has 3 aromatic carbocycles. The maximum Gasteiger partial charge on any atom is 0.277 e. The molecule has 0 bridgehead atoms. The predicted molar refractivity (Wildman–Crippen MR) is 114 cm³/mol. The molecule has 3 rings (SSSR count). The van der Waals surface area contributed by atoms with E-state index in [0.717, 1.165) is 20.8 Å². The van der Waals surface area contributed by atoms with E-state index in [9.17, 15) is 4.79 Å². The number of amides is 1. The molecule has 0 aliphatic rings. The summed E-state index contributed by atoms with van der Waals surface area (Å²) in [5, 5.41) is 7.07. The first kappa shape index (κ1) is 19.7. The molecule has 0 saturated heterocycles. The normalized spacial score (nSPS) is 11.5. The van der Waals surface area contributed by atoms with Crippen molar-refractivity contribution >= 4 is 61.5 Å². The Hall–Kier alpha value is -2.08. The second-order valence-corrected chi connectivity index (χ2v) is 7.36. The first-order valence-electron chi connectivity index (χ1n) is 8.04. The number of rotatable bonds is 5. The third-order valence-electron chi connectivity index (χ3n) is 3.87. The van der Waals surface area contributed by atoms with Gasteiger partial charge in [0.05, 0.1) is 20.2 Å². The Balaban J connectivity index is 1.63. The molecule has 138 valence electrons. The maximum atomic E-state index is 12.0. The molecule has 0 aromatic heterocycles. The highest BCUT2D eigenvalue weighted by molar-refractivity contribution is 9.10. The van der Waals surface area contributed by atoms with E-state index in [4.69, 9.17) is 27.9 Å². The van der Waals surface area contributed by atoms with E-state index in [0.29, 0.717) is 21.5 Å². The fourth-order valence-electron chi connectivity index (χ4n) is 2.43. The van der Waals surface area contributed by atoms with Crippen LogP contribution in [0.3, 0.4) is 0 Å². The lowest BCUT2D eigenvalue weighted by atomic mass is 10.1. The van der Waals surface area contributed by atoms with Gasteiger partial charge < -0.3 is 4.74 Å². The van der Waals surface area contributed by atoms with Gasteiger partial charge in [-0.25, -0.2) is 5.43 Å². The SMILES string of the molecule is CC(=NNC(=O)COc1ccc2ccccc2c1Br)c1ccc(Cl)c(Cl)c1. The van der Waals surface area contributed by atoms with E-state index < -0.39 is 0 Å². The summed E-state index contributed by atoms with van der Waals surface area (Å²) in [6, 6.07) is 16.8. The minimum absolute atomic E-state index is 0.158. The fourth-order valence-corrected chi connectivity index (χ4v) is 3.34. The molecule has 7 heteroatoms. The van der Waals surface area contributed by atoms with Crippen LogP contribution in [0.5, 0.6) is 5.75 Å². The summed E-state index contributed by atoms with van der Waals surface area (Å²) in [7, 11) is 0. The Labute approximate surface area is 175 Å². The zero-order valence-electron chi connectivity index (χ0n) is 14.3. The Kier molecular flexibility index (Phi) is 6.37. The molecule has 4 nitrogen and oxygen atoms in total. The summed E-state index contributed by atoms with van der Waals surface area (Å²) in [6.45, 7) is 1.61. The van der Waals surface area contributed by atoms with Crippen LogP contribution in [0.15, 0.2) is 64.2 Å². The Morgan fingerprint density at radius 2 is 1.89 bits per heavy atom. The standard InChI is InChI=1S/C20H15BrCl2N2O2/c1-12(14-6-8-16(22)17(23)10-14)24-25-19(26)11-27-18-9-7-13-4-2-3-5-15(13)20(18)21/h2-10H,11H2,1H3,(H,25,26). The largest absolute Gasteiger partial charge is 0.483 e. The van der Waals surface area contributed by atoms with Crippen molar-refractivity contribution in [1.29, 1.82) is 0 Å². The lowest BCUT2D eigenvalue weighted by Gasteiger charge is -2.10. The van der Waals surface area contributed by atoms with E-state index in [2.05, 4.69) is 26.5 Å². The molecule has 1 amide bonds. The molecule has 1 N–H and O–H groups in total. The summed E-state index contributed by atoms with van der Waals surface area (Å²) in [5.41, 5.74) is 3.85. The van der Waals surface area contributed by atoms with Gasteiger partial charge in [0.1, 0.15) is 5.75 Å². The monoisotopic (exact) mass is 464 g/mol. The molecule has 0 fully saturated rings. The molecule has 0 heterocycles. The van der Waals surface area contributed by atoms with Crippen molar-refractivity contribution in [3.63, 3.8) is 0 Å². The topological polar surface area (TPSA) is 50.7 Å². The molecule has 0 atom stereocenters.